The maximum absolute atomic E-state index is 5.40. The Morgan fingerprint density at radius 3 is 3.24 bits per heavy atom. The average molecular weight is 244 g/mol. The minimum atomic E-state index is 0.701. The van der Waals surface area contributed by atoms with Gasteiger partial charge in [-0.3, -0.25) is 0 Å². The first-order chi connectivity index (χ1) is 8.29. The van der Waals surface area contributed by atoms with E-state index in [2.05, 4.69) is 34.3 Å². The Hall–Kier alpha value is -1.35. The first-order valence-electron chi connectivity index (χ1n) is 6.11. The lowest BCUT2D eigenvalue weighted by atomic mass is 9.94. The van der Waals surface area contributed by atoms with Gasteiger partial charge in [-0.25, -0.2) is 0 Å². The zero-order valence-corrected chi connectivity index (χ0v) is 10.6. The van der Waals surface area contributed by atoms with Crippen LogP contribution >= 0.6 is 12.2 Å². The highest BCUT2D eigenvalue weighted by atomic mass is 32.1. The molecular formula is C14H16N2S. The molecule has 0 aliphatic carbocycles. The van der Waals surface area contributed by atoms with Gasteiger partial charge < -0.3 is 9.55 Å². The molecule has 1 aromatic carbocycles. The largest absolute Gasteiger partial charge is 0.331 e. The summed E-state index contributed by atoms with van der Waals surface area (Å²) < 4.78 is 3.11. The van der Waals surface area contributed by atoms with Crippen LogP contribution in [0.4, 0.5) is 0 Å². The minimum absolute atomic E-state index is 0.701. The number of aromatic nitrogens is 2. The van der Waals surface area contributed by atoms with E-state index in [9.17, 15) is 0 Å². The molecule has 0 bridgehead atoms. The van der Waals surface area contributed by atoms with Crippen LogP contribution in [-0.4, -0.2) is 9.55 Å². The number of nitrogens with one attached hydrogen (secondary N) is 1. The second kappa shape index (κ2) is 4.15. The molecule has 2 nitrogen and oxygen atoms in total. The predicted molar refractivity (Wildman–Crippen MR) is 73.7 cm³/mol. The standard InChI is InChI=1S/C14H16N2S/c1-2-4-10-7-8-16-13-11(9-10)5-3-6-12(13)15-14(16)17/h2-3,5-6,10H,1,4,7-9H2,(H,15,17). The van der Waals surface area contributed by atoms with Crippen molar-refractivity contribution < 1.29 is 0 Å². The number of imidazole rings is 1. The molecule has 3 rings (SSSR count). The zero-order chi connectivity index (χ0) is 11.8. The molecule has 1 unspecified atom stereocenters. The van der Waals surface area contributed by atoms with Gasteiger partial charge in [-0.1, -0.05) is 18.2 Å². The topological polar surface area (TPSA) is 20.7 Å². The van der Waals surface area contributed by atoms with E-state index in [0.29, 0.717) is 5.92 Å². The van der Waals surface area contributed by atoms with E-state index >= 15 is 0 Å². The lowest BCUT2D eigenvalue weighted by molar-refractivity contribution is 0.463. The monoisotopic (exact) mass is 244 g/mol. The quantitative estimate of drug-likeness (QED) is 0.629. The summed E-state index contributed by atoms with van der Waals surface area (Å²) in [6, 6.07) is 6.45. The van der Waals surface area contributed by atoms with Crippen molar-refractivity contribution in [3.8, 4) is 0 Å². The van der Waals surface area contributed by atoms with Gasteiger partial charge in [0.05, 0.1) is 11.0 Å². The van der Waals surface area contributed by atoms with E-state index in [4.69, 9.17) is 12.2 Å². The molecule has 2 heterocycles. The SMILES string of the molecule is C=CCC1CCn2c(=S)[nH]c3cccc(c32)C1. The number of benzene rings is 1. The van der Waals surface area contributed by atoms with Gasteiger partial charge in [0.2, 0.25) is 0 Å². The number of H-pyrrole nitrogens is 1. The highest BCUT2D eigenvalue weighted by molar-refractivity contribution is 7.71. The van der Waals surface area contributed by atoms with Crippen LogP contribution in [0, 0.1) is 10.7 Å². The Morgan fingerprint density at radius 2 is 2.41 bits per heavy atom. The first-order valence-corrected chi connectivity index (χ1v) is 6.51. The number of para-hydroxylation sites is 1. The fraction of sp³-hybridized carbons (Fsp3) is 0.357. The normalized spacial score (nSPS) is 19.2. The van der Waals surface area contributed by atoms with Crippen LogP contribution in [0.25, 0.3) is 11.0 Å². The van der Waals surface area contributed by atoms with E-state index in [1.54, 1.807) is 0 Å². The summed E-state index contributed by atoms with van der Waals surface area (Å²) in [6.45, 7) is 4.88. The Morgan fingerprint density at radius 1 is 1.53 bits per heavy atom. The maximum atomic E-state index is 5.40. The van der Waals surface area contributed by atoms with Crippen LogP contribution in [0.1, 0.15) is 18.4 Å². The van der Waals surface area contributed by atoms with E-state index in [1.807, 2.05) is 6.08 Å². The highest BCUT2D eigenvalue weighted by Gasteiger charge is 2.18. The number of nitrogens with zero attached hydrogens (tertiary/aromatic N) is 1. The van der Waals surface area contributed by atoms with Gasteiger partial charge in [-0.05, 0) is 49.0 Å². The number of hydrogen-bond acceptors (Lipinski definition) is 1. The van der Waals surface area contributed by atoms with Gasteiger partial charge in [0, 0.05) is 6.54 Å². The lowest BCUT2D eigenvalue weighted by Crippen LogP contribution is -2.04. The summed E-state index contributed by atoms with van der Waals surface area (Å²) in [7, 11) is 0. The van der Waals surface area contributed by atoms with Crippen molar-refractivity contribution in [2.45, 2.75) is 25.8 Å². The molecule has 1 atom stereocenters. The molecule has 0 spiro atoms. The molecule has 1 aliphatic heterocycles. The van der Waals surface area contributed by atoms with Gasteiger partial charge in [0.15, 0.2) is 4.77 Å². The van der Waals surface area contributed by atoms with E-state index in [1.165, 1.54) is 23.0 Å². The molecule has 1 aromatic heterocycles. The van der Waals surface area contributed by atoms with Crippen molar-refractivity contribution in [2.24, 2.45) is 5.92 Å². The number of rotatable bonds is 2. The molecular weight excluding hydrogens is 228 g/mol. The van der Waals surface area contributed by atoms with Crippen molar-refractivity contribution in [3.63, 3.8) is 0 Å². The van der Waals surface area contributed by atoms with Crippen LogP contribution in [0.2, 0.25) is 0 Å². The van der Waals surface area contributed by atoms with Crippen molar-refractivity contribution in [1.29, 1.82) is 0 Å². The number of aryl methyl sites for hydroxylation is 1. The summed E-state index contributed by atoms with van der Waals surface area (Å²) >= 11 is 5.40. The molecule has 0 fully saturated rings. The van der Waals surface area contributed by atoms with Gasteiger partial charge >= 0.3 is 0 Å². The molecule has 1 aliphatic rings. The Kier molecular flexibility index (Phi) is 2.63. The smallest absolute Gasteiger partial charge is 0.178 e. The molecule has 1 N–H and O–H groups in total. The summed E-state index contributed by atoms with van der Waals surface area (Å²) in [5.41, 5.74) is 3.90. The highest BCUT2D eigenvalue weighted by Crippen LogP contribution is 2.28. The average Bonchev–Trinajstić information content (AvgIpc) is 2.52. The van der Waals surface area contributed by atoms with Crippen LogP contribution in [0.5, 0.6) is 0 Å². The maximum Gasteiger partial charge on any atom is 0.178 e. The van der Waals surface area contributed by atoms with Gasteiger partial charge in [0.25, 0.3) is 0 Å². The van der Waals surface area contributed by atoms with Crippen LogP contribution in [0.3, 0.4) is 0 Å². The molecule has 0 radical (unpaired) electrons. The lowest BCUT2D eigenvalue weighted by Gasteiger charge is -2.11. The van der Waals surface area contributed by atoms with Crippen molar-refractivity contribution >= 4 is 23.3 Å². The molecule has 3 heteroatoms. The Labute approximate surface area is 106 Å². The van der Waals surface area contributed by atoms with Crippen LogP contribution in [-0.2, 0) is 13.0 Å². The molecule has 0 saturated carbocycles. The molecule has 17 heavy (non-hydrogen) atoms. The molecule has 0 amide bonds. The predicted octanol–water partition coefficient (Wildman–Crippen LogP) is 3.84. The third-order valence-corrected chi connectivity index (χ3v) is 3.97. The fourth-order valence-electron chi connectivity index (χ4n) is 2.83. The summed E-state index contributed by atoms with van der Waals surface area (Å²) in [6.07, 6.45) is 5.45. The van der Waals surface area contributed by atoms with Gasteiger partial charge in [0.1, 0.15) is 0 Å². The third-order valence-electron chi connectivity index (χ3n) is 3.65. The van der Waals surface area contributed by atoms with Crippen molar-refractivity contribution in [3.05, 3.63) is 41.2 Å². The Balaban J connectivity index is 2.17. The molecule has 0 saturated heterocycles. The second-order valence-corrected chi connectivity index (χ2v) is 5.16. The Bertz CT molecular complexity index is 621. The number of hydrogen-bond donors (Lipinski definition) is 1. The molecule has 88 valence electrons. The van der Waals surface area contributed by atoms with Gasteiger partial charge in [-0.2, -0.15) is 0 Å². The van der Waals surface area contributed by atoms with Crippen LogP contribution in [0.15, 0.2) is 30.9 Å². The van der Waals surface area contributed by atoms with E-state index in [0.717, 1.165) is 24.2 Å². The summed E-state index contributed by atoms with van der Waals surface area (Å²) in [4.78, 5) is 3.29. The first kappa shape index (κ1) is 10.8. The molecule has 2 aromatic rings. The summed E-state index contributed by atoms with van der Waals surface area (Å²) in [5, 5.41) is 0. The van der Waals surface area contributed by atoms with Crippen LogP contribution < -0.4 is 0 Å². The van der Waals surface area contributed by atoms with E-state index in [-0.39, 0.29) is 0 Å². The van der Waals surface area contributed by atoms with Gasteiger partial charge in [-0.15, -0.1) is 6.58 Å². The third kappa shape index (κ3) is 1.75. The fourth-order valence-corrected chi connectivity index (χ4v) is 3.13. The van der Waals surface area contributed by atoms with E-state index < -0.39 is 0 Å². The number of aromatic amines is 1. The van der Waals surface area contributed by atoms with Crippen molar-refractivity contribution in [1.82, 2.24) is 9.55 Å². The zero-order valence-electron chi connectivity index (χ0n) is 9.78. The van der Waals surface area contributed by atoms with Crippen molar-refractivity contribution in [2.75, 3.05) is 0 Å². The second-order valence-electron chi connectivity index (χ2n) is 4.78. The minimum Gasteiger partial charge on any atom is -0.331 e. The summed E-state index contributed by atoms with van der Waals surface area (Å²) in [5.74, 6) is 0.701. The number of allylic oxidation sites excluding steroid dienone is 1.